The number of rotatable bonds is 3. The van der Waals surface area contributed by atoms with Crippen molar-refractivity contribution in [1.29, 1.82) is 0 Å². The van der Waals surface area contributed by atoms with Crippen LogP contribution in [-0.4, -0.2) is 12.0 Å². The quantitative estimate of drug-likeness (QED) is 0.901. The van der Waals surface area contributed by atoms with E-state index < -0.39 is 11.2 Å². The number of aromatic nitrogens is 1. The summed E-state index contributed by atoms with van der Waals surface area (Å²) in [6.07, 6.45) is 0.356. The van der Waals surface area contributed by atoms with Crippen LogP contribution in [0, 0.1) is 11.3 Å². The number of nitrogens with zero attached hydrogens (tertiary/aromatic N) is 1. The molecule has 1 aromatic rings. The van der Waals surface area contributed by atoms with Crippen LogP contribution in [0.4, 0.5) is 13.2 Å². The molecule has 2 nitrogen and oxygen atoms in total. The Labute approximate surface area is 115 Å². The van der Waals surface area contributed by atoms with E-state index >= 15 is 0 Å². The smallest absolute Gasteiger partial charge is 0.312 e. The number of halogens is 3. The predicted octanol–water partition coefficient (Wildman–Crippen LogP) is 4.25. The largest absolute Gasteiger partial charge is 0.443 e. The molecule has 1 saturated carbocycles. The summed E-state index contributed by atoms with van der Waals surface area (Å²) >= 11 is 0.761. The van der Waals surface area contributed by atoms with Crippen LogP contribution >= 0.6 is 11.3 Å². The lowest BCUT2D eigenvalue weighted by atomic mass is 9.77. The summed E-state index contributed by atoms with van der Waals surface area (Å²) < 4.78 is 37.9. The summed E-state index contributed by atoms with van der Waals surface area (Å²) in [6.45, 7) is 4.39. The molecule has 2 atom stereocenters. The van der Waals surface area contributed by atoms with Crippen molar-refractivity contribution in [3.63, 3.8) is 0 Å². The summed E-state index contributed by atoms with van der Waals surface area (Å²) in [4.78, 5) is 4.22. The van der Waals surface area contributed by atoms with Crippen molar-refractivity contribution in [2.45, 2.75) is 45.3 Å². The predicted molar refractivity (Wildman–Crippen MR) is 70.0 cm³/mol. The van der Waals surface area contributed by atoms with Gasteiger partial charge in [0, 0.05) is 17.1 Å². The first-order valence-electron chi connectivity index (χ1n) is 6.46. The second-order valence-electron chi connectivity index (χ2n) is 5.82. The molecule has 2 unspecified atom stereocenters. The standard InChI is InChI=1S/C13H19F3N2S/c1-12(2)6-4-5-8(12)10(17-3)9-7-18-11(19-9)13(14,15)16/h7-8,10,17H,4-6H2,1-3H3. The molecule has 1 aromatic heterocycles. The van der Waals surface area contributed by atoms with Gasteiger partial charge >= 0.3 is 6.18 Å². The van der Waals surface area contributed by atoms with Gasteiger partial charge in [0.2, 0.25) is 0 Å². The van der Waals surface area contributed by atoms with E-state index in [0.29, 0.717) is 10.8 Å². The molecule has 1 heterocycles. The fourth-order valence-corrected chi connectivity index (χ4v) is 4.03. The van der Waals surface area contributed by atoms with Gasteiger partial charge in [0.05, 0.1) is 0 Å². The average molecular weight is 292 g/mol. The third kappa shape index (κ3) is 2.94. The monoisotopic (exact) mass is 292 g/mol. The topological polar surface area (TPSA) is 24.9 Å². The second-order valence-corrected chi connectivity index (χ2v) is 6.88. The van der Waals surface area contributed by atoms with E-state index in [4.69, 9.17) is 0 Å². The van der Waals surface area contributed by atoms with Crippen LogP contribution in [0.15, 0.2) is 6.20 Å². The van der Waals surface area contributed by atoms with Gasteiger partial charge in [0.15, 0.2) is 5.01 Å². The number of hydrogen-bond donors (Lipinski definition) is 1. The van der Waals surface area contributed by atoms with Crippen LogP contribution < -0.4 is 5.32 Å². The van der Waals surface area contributed by atoms with Gasteiger partial charge in [-0.15, -0.1) is 11.3 Å². The Morgan fingerprint density at radius 1 is 1.47 bits per heavy atom. The van der Waals surface area contributed by atoms with Gasteiger partial charge in [-0.1, -0.05) is 20.3 Å². The molecule has 108 valence electrons. The lowest BCUT2D eigenvalue weighted by molar-refractivity contribution is -0.137. The first-order chi connectivity index (χ1) is 8.75. The van der Waals surface area contributed by atoms with Crippen molar-refractivity contribution >= 4 is 11.3 Å². The highest BCUT2D eigenvalue weighted by Gasteiger charge is 2.41. The van der Waals surface area contributed by atoms with E-state index in [9.17, 15) is 13.2 Å². The minimum Gasteiger partial charge on any atom is -0.312 e. The molecule has 1 aliphatic rings. The van der Waals surface area contributed by atoms with Gasteiger partial charge in [-0.25, -0.2) is 4.98 Å². The summed E-state index contributed by atoms with van der Waals surface area (Å²) in [7, 11) is 1.81. The number of thiazole rings is 1. The Hall–Kier alpha value is -0.620. The molecule has 0 radical (unpaired) electrons. The van der Waals surface area contributed by atoms with Crippen LogP contribution in [0.25, 0.3) is 0 Å². The molecule has 19 heavy (non-hydrogen) atoms. The fraction of sp³-hybridized carbons (Fsp3) is 0.769. The molecule has 0 spiro atoms. The maximum absolute atomic E-state index is 12.6. The minimum absolute atomic E-state index is 0.0360. The van der Waals surface area contributed by atoms with E-state index in [1.165, 1.54) is 6.20 Å². The van der Waals surface area contributed by atoms with Crippen molar-refractivity contribution in [3.8, 4) is 0 Å². The zero-order valence-corrected chi connectivity index (χ0v) is 12.2. The Bertz CT molecular complexity index is 439. The molecule has 6 heteroatoms. The van der Waals surface area contributed by atoms with Crippen molar-refractivity contribution in [1.82, 2.24) is 10.3 Å². The van der Waals surface area contributed by atoms with E-state index in [0.717, 1.165) is 30.6 Å². The lowest BCUT2D eigenvalue weighted by Gasteiger charge is -2.33. The van der Waals surface area contributed by atoms with Gasteiger partial charge in [-0.3, -0.25) is 0 Å². The van der Waals surface area contributed by atoms with Crippen LogP contribution in [-0.2, 0) is 6.18 Å². The minimum atomic E-state index is -4.34. The Morgan fingerprint density at radius 2 is 2.16 bits per heavy atom. The maximum Gasteiger partial charge on any atom is 0.443 e. The van der Waals surface area contributed by atoms with Crippen molar-refractivity contribution in [2.75, 3.05) is 7.05 Å². The second kappa shape index (κ2) is 5.05. The molecule has 0 aromatic carbocycles. The zero-order valence-electron chi connectivity index (χ0n) is 11.3. The highest BCUT2D eigenvalue weighted by molar-refractivity contribution is 7.11. The molecule has 0 amide bonds. The molecule has 2 rings (SSSR count). The fourth-order valence-electron chi connectivity index (χ4n) is 3.07. The van der Waals surface area contributed by atoms with Gasteiger partial charge < -0.3 is 5.32 Å². The number of alkyl halides is 3. The molecule has 0 aliphatic heterocycles. The molecule has 0 bridgehead atoms. The summed E-state index contributed by atoms with van der Waals surface area (Å²) in [5, 5.41) is 2.43. The molecule has 1 aliphatic carbocycles. The van der Waals surface area contributed by atoms with Gasteiger partial charge in [0.25, 0.3) is 0 Å². The molecular formula is C13H19F3N2S. The van der Waals surface area contributed by atoms with Crippen LogP contribution in [0.3, 0.4) is 0 Å². The first kappa shape index (κ1) is 14.8. The SMILES string of the molecule is CNC(c1cnc(C(F)(F)F)s1)C1CCCC1(C)C. The number of hydrogen-bond acceptors (Lipinski definition) is 3. The van der Waals surface area contributed by atoms with Gasteiger partial charge in [-0.2, -0.15) is 13.2 Å². The van der Waals surface area contributed by atoms with Crippen molar-refractivity contribution in [3.05, 3.63) is 16.1 Å². The van der Waals surface area contributed by atoms with Crippen molar-refractivity contribution in [2.24, 2.45) is 11.3 Å². The highest BCUT2D eigenvalue weighted by atomic mass is 32.1. The van der Waals surface area contributed by atoms with Crippen LogP contribution in [0.5, 0.6) is 0 Å². The van der Waals surface area contributed by atoms with E-state index in [1.807, 2.05) is 7.05 Å². The normalized spacial score (nSPS) is 24.6. The van der Waals surface area contributed by atoms with Gasteiger partial charge in [0.1, 0.15) is 0 Å². The summed E-state index contributed by atoms with van der Waals surface area (Å²) in [5.41, 5.74) is 0.163. The molecule has 0 saturated heterocycles. The Kier molecular flexibility index (Phi) is 3.93. The lowest BCUT2D eigenvalue weighted by Crippen LogP contribution is -2.31. The third-order valence-corrected chi connectivity index (χ3v) is 5.25. The average Bonchev–Trinajstić information content (AvgIpc) is 2.87. The Balaban J connectivity index is 2.25. The van der Waals surface area contributed by atoms with E-state index in [1.54, 1.807) is 0 Å². The van der Waals surface area contributed by atoms with Crippen LogP contribution in [0.1, 0.15) is 49.0 Å². The summed E-state index contributed by atoms with van der Waals surface area (Å²) in [5.74, 6) is 0.360. The zero-order chi connectivity index (χ0) is 14.3. The van der Waals surface area contributed by atoms with Crippen LogP contribution in [0.2, 0.25) is 0 Å². The highest BCUT2D eigenvalue weighted by Crippen LogP contribution is 2.49. The van der Waals surface area contributed by atoms with E-state index in [-0.39, 0.29) is 11.5 Å². The molecular weight excluding hydrogens is 273 g/mol. The molecule has 1 fully saturated rings. The third-order valence-electron chi connectivity index (χ3n) is 4.13. The first-order valence-corrected chi connectivity index (χ1v) is 7.27. The maximum atomic E-state index is 12.6. The van der Waals surface area contributed by atoms with E-state index in [2.05, 4.69) is 24.1 Å². The number of nitrogens with one attached hydrogen (secondary N) is 1. The van der Waals surface area contributed by atoms with Gasteiger partial charge in [-0.05, 0) is 31.2 Å². The molecule has 1 N–H and O–H groups in total. The van der Waals surface area contributed by atoms with Crippen molar-refractivity contribution < 1.29 is 13.2 Å². The Morgan fingerprint density at radius 3 is 2.58 bits per heavy atom. The summed E-state index contributed by atoms with van der Waals surface area (Å²) in [6, 6.07) is -0.0360.